The van der Waals surface area contributed by atoms with E-state index in [1.807, 2.05) is 5.51 Å². The summed E-state index contributed by atoms with van der Waals surface area (Å²) in [5.41, 5.74) is 8.98. The van der Waals surface area contributed by atoms with Gasteiger partial charge in [-0.25, -0.2) is 4.98 Å². The number of nitrogens with one attached hydrogen (secondary N) is 1. The monoisotopic (exact) mass is 227 g/mol. The molecule has 0 aliphatic rings. The molecule has 0 aliphatic carbocycles. The summed E-state index contributed by atoms with van der Waals surface area (Å²) in [6.45, 7) is 4.20. The average molecular weight is 227 g/mol. The molecule has 1 aromatic rings. The van der Waals surface area contributed by atoms with E-state index >= 15 is 0 Å². The van der Waals surface area contributed by atoms with Crippen molar-refractivity contribution in [1.29, 1.82) is 0 Å². The molecule has 1 rings (SSSR count). The Hall–Kier alpha value is -0.450. The Morgan fingerprint density at radius 2 is 2.33 bits per heavy atom. The maximum absolute atomic E-state index is 5.91. The Bertz CT molecular complexity index is 236. The van der Waals surface area contributed by atoms with E-state index in [0.717, 1.165) is 32.4 Å². The van der Waals surface area contributed by atoms with Gasteiger partial charge in [-0.2, -0.15) is 0 Å². The molecule has 86 valence electrons. The topological polar surface area (TPSA) is 50.9 Å². The molecule has 0 spiro atoms. The third kappa shape index (κ3) is 5.87. The van der Waals surface area contributed by atoms with Crippen molar-refractivity contribution >= 4 is 11.3 Å². The second-order valence-electron chi connectivity index (χ2n) is 3.82. The molecule has 1 unspecified atom stereocenters. The maximum atomic E-state index is 5.91. The number of hydrogen-bond donors (Lipinski definition) is 2. The second kappa shape index (κ2) is 7.79. The molecule has 0 aliphatic heterocycles. The Morgan fingerprint density at radius 3 is 3.00 bits per heavy atom. The van der Waals surface area contributed by atoms with Gasteiger partial charge in [-0.3, -0.25) is 0 Å². The Labute approximate surface area is 96.1 Å². The van der Waals surface area contributed by atoms with Crippen LogP contribution in [0.3, 0.4) is 0 Å². The molecule has 4 heteroatoms. The lowest BCUT2D eigenvalue weighted by atomic mass is 10.1. The molecule has 1 aromatic heterocycles. The van der Waals surface area contributed by atoms with Crippen LogP contribution in [0.5, 0.6) is 0 Å². The summed E-state index contributed by atoms with van der Waals surface area (Å²) in [5, 5.41) is 5.50. The number of nitrogens with two attached hydrogens (primary N) is 1. The normalized spacial score (nSPS) is 12.9. The minimum absolute atomic E-state index is 0.363. The van der Waals surface area contributed by atoms with Crippen molar-refractivity contribution in [3.05, 3.63) is 16.6 Å². The standard InChI is InChI=1S/C11H21N3S/c1-2-3-10(12)4-6-13-7-5-11-8-15-9-14-11/h8-10,13H,2-7,12H2,1H3. The summed E-state index contributed by atoms with van der Waals surface area (Å²) < 4.78 is 0. The molecule has 1 heterocycles. The lowest BCUT2D eigenvalue weighted by molar-refractivity contribution is 0.528. The van der Waals surface area contributed by atoms with Crippen LogP contribution in [0.2, 0.25) is 0 Å². The van der Waals surface area contributed by atoms with Crippen LogP contribution in [-0.2, 0) is 6.42 Å². The molecule has 3 nitrogen and oxygen atoms in total. The van der Waals surface area contributed by atoms with Crippen molar-refractivity contribution in [1.82, 2.24) is 10.3 Å². The van der Waals surface area contributed by atoms with Crippen LogP contribution in [-0.4, -0.2) is 24.1 Å². The van der Waals surface area contributed by atoms with Crippen molar-refractivity contribution in [2.45, 2.75) is 38.6 Å². The molecular weight excluding hydrogens is 206 g/mol. The lowest BCUT2D eigenvalue weighted by Crippen LogP contribution is -2.27. The predicted octanol–water partition coefficient (Wildman–Crippen LogP) is 1.79. The van der Waals surface area contributed by atoms with Gasteiger partial charge >= 0.3 is 0 Å². The van der Waals surface area contributed by atoms with Crippen LogP contribution < -0.4 is 11.1 Å². The first-order chi connectivity index (χ1) is 7.33. The highest BCUT2D eigenvalue weighted by molar-refractivity contribution is 7.07. The van der Waals surface area contributed by atoms with Crippen molar-refractivity contribution in [2.75, 3.05) is 13.1 Å². The van der Waals surface area contributed by atoms with E-state index in [9.17, 15) is 0 Å². The van der Waals surface area contributed by atoms with Gasteiger partial charge < -0.3 is 11.1 Å². The first-order valence-corrected chi connectivity index (χ1v) is 6.60. The molecule has 0 saturated heterocycles. The van der Waals surface area contributed by atoms with E-state index < -0.39 is 0 Å². The zero-order valence-corrected chi connectivity index (χ0v) is 10.2. The lowest BCUT2D eigenvalue weighted by Gasteiger charge is -2.10. The smallest absolute Gasteiger partial charge is 0.0794 e. The van der Waals surface area contributed by atoms with E-state index in [1.165, 1.54) is 12.1 Å². The summed E-state index contributed by atoms with van der Waals surface area (Å²) in [4.78, 5) is 4.23. The second-order valence-corrected chi connectivity index (χ2v) is 4.54. The van der Waals surface area contributed by atoms with E-state index in [4.69, 9.17) is 5.73 Å². The van der Waals surface area contributed by atoms with Gasteiger partial charge in [0.1, 0.15) is 0 Å². The summed E-state index contributed by atoms with van der Waals surface area (Å²) >= 11 is 1.66. The number of thiazole rings is 1. The SMILES string of the molecule is CCCC(N)CCNCCc1cscn1. The van der Waals surface area contributed by atoms with E-state index in [0.29, 0.717) is 6.04 Å². The molecule has 0 bridgehead atoms. The average Bonchev–Trinajstić information content (AvgIpc) is 2.70. The van der Waals surface area contributed by atoms with Crippen molar-refractivity contribution < 1.29 is 0 Å². The fourth-order valence-corrected chi connectivity index (χ4v) is 2.10. The third-order valence-corrected chi connectivity index (χ3v) is 3.03. The first-order valence-electron chi connectivity index (χ1n) is 5.66. The molecule has 3 N–H and O–H groups in total. The van der Waals surface area contributed by atoms with Gasteiger partial charge in [-0.1, -0.05) is 13.3 Å². The highest BCUT2D eigenvalue weighted by Crippen LogP contribution is 2.01. The van der Waals surface area contributed by atoms with Crippen LogP contribution >= 0.6 is 11.3 Å². The molecule has 0 fully saturated rings. The largest absolute Gasteiger partial charge is 0.328 e. The van der Waals surface area contributed by atoms with Gasteiger partial charge in [0.05, 0.1) is 11.2 Å². The van der Waals surface area contributed by atoms with Gasteiger partial charge in [0.15, 0.2) is 0 Å². The van der Waals surface area contributed by atoms with Crippen LogP contribution in [0, 0.1) is 0 Å². The molecule has 15 heavy (non-hydrogen) atoms. The van der Waals surface area contributed by atoms with Crippen molar-refractivity contribution in [3.8, 4) is 0 Å². The molecule has 0 saturated carbocycles. The van der Waals surface area contributed by atoms with E-state index in [2.05, 4.69) is 22.6 Å². The maximum Gasteiger partial charge on any atom is 0.0794 e. The van der Waals surface area contributed by atoms with Gasteiger partial charge in [0, 0.05) is 24.4 Å². The minimum atomic E-state index is 0.363. The summed E-state index contributed by atoms with van der Waals surface area (Å²) in [7, 11) is 0. The number of nitrogens with zero attached hydrogens (tertiary/aromatic N) is 1. The Kier molecular flexibility index (Phi) is 6.55. The molecular formula is C11H21N3S. The van der Waals surface area contributed by atoms with E-state index in [-0.39, 0.29) is 0 Å². The van der Waals surface area contributed by atoms with Crippen LogP contribution in [0.4, 0.5) is 0 Å². The van der Waals surface area contributed by atoms with Gasteiger partial charge in [0.2, 0.25) is 0 Å². The zero-order chi connectivity index (χ0) is 10.9. The molecule has 0 aromatic carbocycles. The summed E-state index contributed by atoms with van der Waals surface area (Å²) in [5.74, 6) is 0. The van der Waals surface area contributed by atoms with Gasteiger partial charge in [-0.15, -0.1) is 11.3 Å². The molecule has 0 amide bonds. The van der Waals surface area contributed by atoms with Crippen LogP contribution in [0.1, 0.15) is 31.9 Å². The number of aromatic nitrogens is 1. The Morgan fingerprint density at radius 1 is 1.47 bits per heavy atom. The van der Waals surface area contributed by atoms with Gasteiger partial charge in [0.25, 0.3) is 0 Å². The fraction of sp³-hybridized carbons (Fsp3) is 0.727. The highest BCUT2D eigenvalue weighted by atomic mass is 32.1. The molecule has 1 atom stereocenters. The van der Waals surface area contributed by atoms with Crippen LogP contribution in [0.15, 0.2) is 10.9 Å². The Balaban J connectivity index is 1.93. The van der Waals surface area contributed by atoms with Crippen molar-refractivity contribution in [2.24, 2.45) is 5.73 Å². The quantitative estimate of drug-likeness (QED) is 0.666. The summed E-state index contributed by atoms with van der Waals surface area (Å²) in [6, 6.07) is 0.363. The predicted molar refractivity (Wildman–Crippen MR) is 66.2 cm³/mol. The molecule has 0 radical (unpaired) electrons. The summed E-state index contributed by atoms with van der Waals surface area (Å²) in [6.07, 6.45) is 4.41. The van der Waals surface area contributed by atoms with Gasteiger partial charge in [-0.05, 0) is 19.4 Å². The minimum Gasteiger partial charge on any atom is -0.328 e. The third-order valence-electron chi connectivity index (χ3n) is 2.39. The fourth-order valence-electron chi connectivity index (χ4n) is 1.51. The number of hydrogen-bond acceptors (Lipinski definition) is 4. The first kappa shape index (κ1) is 12.6. The zero-order valence-electron chi connectivity index (χ0n) is 9.41. The number of rotatable bonds is 8. The highest BCUT2D eigenvalue weighted by Gasteiger charge is 2.00. The van der Waals surface area contributed by atoms with Crippen molar-refractivity contribution in [3.63, 3.8) is 0 Å². The van der Waals surface area contributed by atoms with Crippen LogP contribution in [0.25, 0.3) is 0 Å². The van der Waals surface area contributed by atoms with E-state index in [1.54, 1.807) is 11.3 Å².